The van der Waals surface area contributed by atoms with E-state index < -0.39 is 29.6 Å². The average molecular weight is 471 g/mol. The van der Waals surface area contributed by atoms with Crippen LogP contribution in [0.2, 0.25) is 0 Å². The highest BCUT2D eigenvalue weighted by molar-refractivity contribution is 9.09. The molecule has 0 aromatic heterocycles. The minimum atomic E-state index is -4.90. The van der Waals surface area contributed by atoms with Gasteiger partial charge in [0.1, 0.15) is 5.52 Å². The molecule has 154 valence electrons. The second kappa shape index (κ2) is 9.76. The van der Waals surface area contributed by atoms with Gasteiger partial charge >= 0.3 is 12.4 Å². The summed E-state index contributed by atoms with van der Waals surface area (Å²) in [5.41, 5.74) is -2.09. The van der Waals surface area contributed by atoms with Crippen molar-refractivity contribution < 1.29 is 35.8 Å². The SMILES string of the molecule is FC(F)(F)c1cc([C@@H](CCOCc2ccccc2)OCBr)cc(C(F)(F)F)c1. The van der Waals surface area contributed by atoms with Crippen LogP contribution in [0.15, 0.2) is 48.5 Å². The van der Waals surface area contributed by atoms with Gasteiger partial charge in [-0.3, -0.25) is 0 Å². The Kier molecular flexibility index (Phi) is 7.91. The predicted octanol–water partition coefficient (Wildman–Crippen LogP) is 6.74. The van der Waals surface area contributed by atoms with E-state index in [9.17, 15) is 26.3 Å². The molecular formula is C19H17BrF6O2. The standard InChI is InChI=1S/C19H17BrF6O2/c20-12-28-17(6-7-27-11-13-4-2-1-3-5-13)14-8-15(18(21,22)23)10-16(9-14)19(24,25)26/h1-5,8-10,17H,6-7,11-12H2/t17-/m1/s1. The molecule has 0 spiro atoms. The number of hydrogen-bond donors (Lipinski definition) is 0. The number of ether oxygens (including phenoxy) is 2. The third-order valence-corrected chi connectivity index (χ3v) is 4.15. The van der Waals surface area contributed by atoms with Crippen LogP contribution < -0.4 is 0 Å². The number of hydrogen-bond acceptors (Lipinski definition) is 2. The monoisotopic (exact) mass is 470 g/mol. The van der Waals surface area contributed by atoms with Crippen LogP contribution >= 0.6 is 15.9 Å². The zero-order chi connectivity index (χ0) is 20.8. The van der Waals surface area contributed by atoms with Crippen LogP contribution in [0.5, 0.6) is 0 Å². The van der Waals surface area contributed by atoms with Crippen LogP contribution in [-0.2, 0) is 28.4 Å². The van der Waals surface area contributed by atoms with Gasteiger partial charge in [-0.2, -0.15) is 26.3 Å². The van der Waals surface area contributed by atoms with E-state index >= 15 is 0 Å². The van der Waals surface area contributed by atoms with Gasteiger partial charge in [0.05, 0.1) is 23.8 Å². The molecule has 0 saturated carbocycles. The van der Waals surface area contributed by atoms with Gasteiger partial charge in [-0.05, 0) is 29.3 Å². The smallest absolute Gasteiger partial charge is 0.377 e. The lowest BCUT2D eigenvalue weighted by molar-refractivity contribution is -0.143. The molecule has 0 amide bonds. The molecule has 0 aliphatic heterocycles. The summed E-state index contributed by atoms with van der Waals surface area (Å²) in [7, 11) is 0. The molecule has 0 N–H and O–H groups in total. The lowest BCUT2D eigenvalue weighted by Crippen LogP contribution is -2.15. The lowest BCUT2D eigenvalue weighted by atomic mass is 9.99. The van der Waals surface area contributed by atoms with E-state index in [2.05, 4.69) is 15.9 Å². The Morgan fingerprint density at radius 1 is 0.857 bits per heavy atom. The van der Waals surface area contributed by atoms with Crippen molar-refractivity contribution in [1.29, 1.82) is 0 Å². The van der Waals surface area contributed by atoms with Crippen molar-refractivity contribution >= 4 is 15.9 Å². The molecule has 2 nitrogen and oxygen atoms in total. The number of alkyl halides is 7. The van der Waals surface area contributed by atoms with Crippen LogP contribution in [0.4, 0.5) is 26.3 Å². The van der Waals surface area contributed by atoms with Crippen molar-refractivity contribution in [3.05, 3.63) is 70.8 Å². The molecule has 2 aromatic carbocycles. The molecule has 28 heavy (non-hydrogen) atoms. The highest BCUT2D eigenvalue weighted by atomic mass is 79.9. The van der Waals surface area contributed by atoms with Gasteiger partial charge in [-0.1, -0.05) is 46.3 Å². The normalized spacial score (nSPS) is 13.5. The summed E-state index contributed by atoms with van der Waals surface area (Å²) in [6.07, 6.45) is -10.7. The van der Waals surface area contributed by atoms with Gasteiger partial charge in [0.15, 0.2) is 0 Å². The molecule has 2 aromatic rings. The van der Waals surface area contributed by atoms with Gasteiger partial charge in [0, 0.05) is 13.0 Å². The summed E-state index contributed by atoms with van der Waals surface area (Å²) in [6, 6.07) is 10.6. The second-order valence-corrected chi connectivity index (χ2v) is 6.39. The summed E-state index contributed by atoms with van der Waals surface area (Å²) in [5, 5.41) is 0. The summed E-state index contributed by atoms with van der Waals surface area (Å²) in [4.78, 5) is 0. The second-order valence-electron chi connectivity index (χ2n) is 5.93. The summed E-state index contributed by atoms with van der Waals surface area (Å²) >= 11 is 3.00. The van der Waals surface area contributed by atoms with E-state index in [-0.39, 0.29) is 36.8 Å². The molecule has 0 heterocycles. The van der Waals surface area contributed by atoms with Crippen molar-refractivity contribution in [3.63, 3.8) is 0 Å². The molecule has 9 heteroatoms. The Morgan fingerprint density at radius 3 is 1.93 bits per heavy atom. The van der Waals surface area contributed by atoms with E-state index in [0.29, 0.717) is 12.1 Å². The zero-order valence-corrected chi connectivity index (χ0v) is 16.1. The van der Waals surface area contributed by atoms with E-state index in [1.165, 1.54) is 0 Å². The van der Waals surface area contributed by atoms with E-state index in [4.69, 9.17) is 9.47 Å². The summed E-state index contributed by atoms with van der Waals surface area (Å²) in [6.45, 7) is 0.377. The molecule has 0 bridgehead atoms. The zero-order valence-electron chi connectivity index (χ0n) is 14.5. The molecular weight excluding hydrogens is 454 g/mol. The number of rotatable bonds is 8. The summed E-state index contributed by atoms with van der Waals surface area (Å²) in [5.74, 6) is 0. The first kappa shape index (κ1) is 22.7. The lowest BCUT2D eigenvalue weighted by Gasteiger charge is -2.20. The minimum Gasteiger partial charge on any atom is -0.377 e. The number of benzene rings is 2. The molecule has 0 radical (unpaired) electrons. The third-order valence-electron chi connectivity index (χ3n) is 3.88. The fourth-order valence-corrected chi connectivity index (χ4v) is 2.86. The fourth-order valence-electron chi connectivity index (χ4n) is 2.54. The van der Waals surface area contributed by atoms with Gasteiger partial charge < -0.3 is 9.47 Å². The molecule has 0 aliphatic carbocycles. The van der Waals surface area contributed by atoms with Crippen LogP contribution in [0.1, 0.15) is 34.8 Å². The van der Waals surface area contributed by atoms with Crippen molar-refractivity contribution in [2.24, 2.45) is 0 Å². The molecule has 0 saturated heterocycles. The summed E-state index contributed by atoms with van der Waals surface area (Å²) < 4.78 is 89.0. The van der Waals surface area contributed by atoms with Gasteiger partial charge in [0.2, 0.25) is 0 Å². The van der Waals surface area contributed by atoms with Crippen LogP contribution in [0.25, 0.3) is 0 Å². The van der Waals surface area contributed by atoms with Crippen LogP contribution in [-0.4, -0.2) is 12.1 Å². The highest BCUT2D eigenvalue weighted by Crippen LogP contribution is 2.38. The maximum absolute atomic E-state index is 13.0. The molecule has 0 aliphatic rings. The van der Waals surface area contributed by atoms with Crippen LogP contribution in [0, 0.1) is 0 Å². The Balaban J connectivity index is 2.16. The molecule has 0 unspecified atom stereocenters. The first-order chi connectivity index (χ1) is 13.1. The van der Waals surface area contributed by atoms with Gasteiger partial charge in [-0.15, -0.1) is 0 Å². The van der Waals surface area contributed by atoms with E-state index in [1.54, 1.807) is 0 Å². The van der Waals surface area contributed by atoms with Crippen LogP contribution in [0.3, 0.4) is 0 Å². The maximum atomic E-state index is 13.0. The van der Waals surface area contributed by atoms with Crippen molar-refractivity contribution in [2.75, 3.05) is 12.1 Å². The van der Waals surface area contributed by atoms with Crippen molar-refractivity contribution in [1.82, 2.24) is 0 Å². The highest BCUT2D eigenvalue weighted by Gasteiger charge is 2.37. The third kappa shape index (κ3) is 6.79. The Bertz CT molecular complexity index is 714. The quantitative estimate of drug-likeness (QED) is 0.241. The Morgan fingerprint density at radius 2 is 1.43 bits per heavy atom. The first-order valence-corrected chi connectivity index (χ1v) is 9.32. The average Bonchev–Trinajstić information content (AvgIpc) is 2.63. The Hall–Kier alpha value is -1.58. The largest absolute Gasteiger partial charge is 0.416 e. The topological polar surface area (TPSA) is 18.5 Å². The van der Waals surface area contributed by atoms with Crippen molar-refractivity contribution in [2.45, 2.75) is 31.5 Å². The predicted molar refractivity (Wildman–Crippen MR) is 94.8 cm³/mol. The number of halogens is 7. The molecule has 1 atom stereocenters. The Labute approximate surface area is 166 Å². The maximum Gasteiger partial charge on any atom is 0.416 e. The fraction of sp³-hybridized carbons (Fsp3) is 0.368. The van der Waals surface area contributed by atoms with E-state index in [0.717, 1.165) is 5.56 Å². The molecule has 0 fully saturated rings. The van der Waals surface area contributed by atoms with Crippen molar-refractivity contribution in [3.8, 4) is 0 Å². The minimum absolute atomic E-state index is 0.0477. The molecule has 2 rings (SSSR count). The van der Waals surface area contributed by atoms with Gasteiger partial charge in [-0.25, -0.2) is 0 Å². The first-order valence-electron chi connectivity index (χ1n) is 8.20. The van der Waals surface area contributed by atoms with E-state index in [1.807, 2.05) is 30.3 Å². The van der Waals surface area contributed by atoms with Gasteiger partial charge in [0.25, 0.3) is 0 Å².